The number of aromatic nitrogens is 2. The van der Waals surface area contributed by atoms with Crippen LogP contribution in [0.25, 0.3) is 0 Å². The molecule has 2 amide bonds. The quantitative estimate of drug-likeness (QED) is 0.806. The predicted octanol–water partition coefficient (Wildman–Crippen LogP) is 3.00. The van der Waals surface area contributed by atoms with Gasteiger partial charge in [0.15, 0.2) is 0 Å². The lowest BCUT2D eigenvalue weighted by atomic mass is 9.96. The highest BCUT2D eigenvalue weighted by molar-refractivity contribution is 7.15. The number of aliphatic hydroxyl groups is 1. The van der Waals surface area contributed by atoms with Crippen molar-refractivity contribution in [3.05, 3.63) is 5.01 Å². The molecule has 22 heavy (non-hydrogen) atoms. The lowest BCUT2D eigenvalue weighted by Crippen LogP contribution is -2.41. The molecule has 0 fully saturated rings. The second-order valence-electron chi connectivity index (χ2n) is 7.09. The summed E-state index contributed by atoms with van der Waals surface area (Å²) in [5.41, 5.74) is -0.00325. The van der Waals surface area contributed by atoms with E-state index in [0.29, 0.717) is 30.6 Å². The van der Waals surface area contributed by atoms with Gasteiger partial charge >= 0.3 is 6.03 Å². The Hall–Kier alpha value is -1.21. The summed E-state index contributed by atoms with van der Waals surface area (Å²) < 4.78 is 0. The molecule has 1 rings (SSSR count). The second-order valence-corrected chi connectivity index (χ2v) is 8.15. The van der Waals surface area contributed by atoms with E-state index in [9.17, 15) is 4.79 Å². The summed E-state index contributed by atoms with van der Waals surface area (Å²) in [5, 5.41) is 21.4. The van der Waals surface area contributed by atoms with E-state index in [1.54, 1.807) is 4.90 Å². The van der Waals surface area contributed by atoms with Crippen LogP contribution in [0.4, 0.5) is 9.93 Å². The number of carbonyl (C=O) groups excluding carboxylic acids is 1. The van der Waals surface area contributed by atoms with Crippen LogP contribution in [0.3, 0.4) is 0 Å². The van der Waals surface area contributed by atoms with Crippen molar-refractivity contribution >= 4 is 22.5 Å². The van der Waals surface area contributed by atoms with E-state index in [1.807, 2.05) is 0 Å². The minimum atomic E-state index is -0.185. The van der Waals surface area contributed by atoms with E-state index >= 15 is 0 Å². The monoisotopic (exact) mass is 328 g/mol. The minimum Gasteiger partial charge on any atom is -0.396 e. The van der Waals surface area contributed by atoms with E-state index in [1.165, 1.54) is 11.3 Å². The third-order valence-electron chi connectivity index (χ3n) is 2.80. The van der Waals surface area contributed by atoms with Gasteiger partial charge in [-0.15, -0.1) is 10.2 Å². The largest absolute Gasteiger partial charge is 0.396 e. The topological polar surface area (TPSA) is 78.4 Å². The van der Waals surface area contributed by atoms with E-state index in [0.717, 1.165) is 11.4 Å². The Morgan fingerprint density at radius 2 is 2.05 bits per heavy atom. The summed E-state index contributed by atoms with van der Waals surface area (Å²) >= 11 is 1.42. The van der Waals surface area contributed by atoms with Crippen LogP contribution in [0, 0.1) is 11.3 Å². The maximum atomic E-state index is 12.4. The molecule has 0 unspecified atom stereocenters. The molecule has 0 aliphatic rings. The van der Waals surface area contributed by atoms with Gasteiger partial charge in [0.2, 0.25) is 5.13 Å². The summed E-state index contributed by atoms with van der Waals surface area (Å²) in [6.07, 6.45) is 1.43. The zero-order valence-electron chi connectivity index (χ0n) is 14.2. The first-order valence-electron chi connectivity index (χ1n) is 7.70. The molecule has 0 saturated carbocycles. The van der Waals surface area contributed by atoms with Crippen molar-refractivity contribution in [1.82, 2.24) is 15.1 Å². The number of hydrogen-bond donors (Lipinski definition) is 2. The average Bonchev–Trinajstić information content (AvgIpc) is 2.79. The molecule has 2 N–H and O–H groups in total. The van der Waals surface area contributed by atoms with Crippen LogP contribution in [0.5, 0.6) is 0 Å². The summed E-state index contributed by atoms with van der Waals surface area (Å²) in [6, 6.07) is -0.185. The van der Waals surface area contributed by atoms with Crippen molar-refractivity contribution < 1.29 is 9.90 Å². The van der Waals surface area contributed by atoms with Gasteiger partial charge in [0.1, 0.15) is 5.01 Å². The molecule has 7 heteroatoms. The summed E-state index contributed by atoms with van der Waals surface area (Å²) in [7, 11) is 0. The molecule has 0 aliphatic heterocycles. The van der Waals surface area contributed by atoms with Crippen molar-refractivity contribution in [2.24, 2.45) is 11.3 Å². The Morgan fingerprint density at radius 3 is 2.59 bits per heavy atom. The molecule has 0 saturated heterocycles. The molecular weight excluding hydrogens is 300 g/mol. The van der Waals surface area contributed by atoms with Crippen molar-refractivity contribution in [3.8, 4) is 0 Å². The first-order chi connectivity index (χ1) is 10.2. The molecule has 126 valence electrons. The van der Waals surface area contributed by atoms with Crippen LogP contribution in [0.15, 0.2) is 0 Å². The molecule has 0 spiro atoms. The standard InChI is InChI=1S/C15H28N4O2S/c1-11(2)9-12-17-18-13(22-12)16-14(21)19(7-6-8-20)10-15(3,4)5/h11,20H,6-10H2,1-5H3,(H,16,18,21). The van der Waals surface area contributed by atoms with Crippen molar-refractivity contribution in [1.29, 1.82) is 0 Å². The van der Waals surface area contributed by atoms with Gasteiger partial charge in [0.25, 0.3) is 0 Å². The van der Waals surface area contributed by atoms with Gasteiger partial charge in [-0.2, -0.15) is 0 Å². The van der Waals surface area contributed by atoms with Gasteiger partial charge in [-0.05, 0) is 17.8 Å². The zero-order chi connectivity index (χ0) is 16.8. The molecular formula is C15H28N4O2S. The van der Waals surface area contributed by atoms with Crippen LogP contribution in [0.2, 0.25) is 0 Å². The maximum absolute atomic E-state index is 12.4. The first-order valence-corrected chi connectivity index (χ1v) is 8.52. The maximum Gasteiger partial charge on any atom is 0.323 e. The van der Waals surface area contributed by atoms with Crippen LogP contribution < -0.4 is 5.32 Å². The lowest BCUT2D eigenvalue weighted by molar-refractivity contribution is 0.176. The SMILES string of the molecule is CC(C)Cc1nnc(NC(=O)N(CCCO)CC(C)(C)C)s1. The predicted molar refractivity (Wildman–Crippen MR) is 90.2 cm³/mol. The summed E-state index contributed by atoms with van der Waals surface area (Å²) in [4.78, 5) is 14.1. The Morgan fingerprint density at radius 1 is 1.36 bits per heavy atom. The third kappa shape index (κ3) is 7.17. The fraction of sp³-hybridized carbons (Fsp3) is 0.800. The van der Waals surface area contributed by atoms with E-state index in [4.69, 9.17) is 5.11 Å². The highest BCUT2D eigenvalue weighted by atomic mass is 32.1. The Kier molecular flexibility index (Phi) is 7.22. The van der Waals surface area contributed by atoms with Gasteiger partial charge in [-0.1, -0.05) is 46.0 Å². The highest BCUT2D eigenvalue weighted by Gasteiger charge is 2.21. The first kappa shape index (κ1) is 18.8. The molecule has 1 aromatic heterocycles. The van der Waals surface area contributed by atoms with Crippen LogP contribution in [-0.2, 0) is 6.42 Å². The van der Waals surface area contributed by atoms with E-state index in [-0.39, 0.29) is 18.1 Å². The molecule has 1 heterocycles. The second kappa shape index (κ2) is 8.43. The average molecular weight is 328 g/mol. The lowest BCUT2D eigenvalue weighted by Gasteiger charge is -2.29. The molecule has 0 radical (unpaired) electrons. The highest BCUT2D eigenvalue weighted by Crippen LogP contribution is 2.20. The number of hydrogen-bond acceptors (Lipinski definition) is 5. The number of nitrogens with one attached hydrogen (secondary N) is 1. The van der Waals surface area contributed by atoms with Gasteiger partial charge in [-0.25, -0.2) is 4.79 Å². The number of urea groups is 1. The van der Waals surface area contributed by atoms with Crippen molar-refractivity contribution in [2.75, 3.05) is 25.0 Å². The molecule has 6 nitrogen and oxygen atoms in total. The number of anilines is 1. The Labute approximate surface area is 136 Å². The smallest absolute Gasteiger partial charge is 0.323 e. The van der Waals surface area contributed by atoms with E-state index in [2.05, 4.69) is 50.1 Å². The van der Waals surface area contributed by atoms with Gasteiger partial charge in [0, 0.05) is 26.1 Å². The Balaban J connectivity index is 2.67. The molecule has 1 aromatic rings. The number of rotatable bonds is 7. The molecule has 0 bridgehead atoms. The third-order valence-corrected chi connectivity index (χ3v) is 3.66. The number of nitrogens with zero attached hydrogens (tertiary/aromatic N) is 3. The van der Waals surface area contributed by atoms with Gasteiger partial charge in [0.05, 0.1) is 0 Å². The van der Waals surface area contributed by atoms with Crippen LogP contribution in [0.1, 0.15) is 46.0 Å². The number of carbonyl (C=O) groups is 1. The fourth-order valence-corrected chi connectivity index (χ4v) is 2.93. The molecule has 0 atom stereocenters. The molecule has 0 aromatic carbocycles. The fourth-order valence-electron chi connectivity index (χ4n) is 1.99. The van der Waals surface area contributed by atoms with Crippen LogP contribution in [-0.4, -0.2) is 45.9 Å². The Bertz CT molecular complexity index is 468. The number of amides is 2. The van der Waals surface area contributed by atoms with Crippen molar-refractivity contribution in [2.45, 2.75) is 47.5 Å². The molecule has 0 aliphatic carbocycles. The van der Waals surface area contributed by atoms with E-state index < -0.39 is 0 Å². The summed E-state index contributed by atoms with van der Waals surface area (Å²) in [6.45, 7) is 11.7. The minimum absolute atomic E-state index is 0.00325. The number of aliphatic hydroxyl groups excluding tert-OH is 1. The summed E-state index contributed by atoms with van der Waals surface area (Å²) in [5.74, 6) is 0.512. The van der Waals surface area contributed by atoms with Crippen LogP contribution >= 0.6 is 11.3 Å². The van der Waals surface area contributed by atoms with Gasteiger partial charge < -0.3 is 10.0 Å². The zero-order valence-corrected chi connectivity index (χ0v) is 15.0. The normalized spacial score (nSPS) is 11.8. The van der Waals surface area contributed by atoms with Gasteiger partial charge in [-0.3, -0.25) is 5.32 Å². The van der Waals surface area contributed by atoms with Crippen molar-refractivity contribution in [3.63, 3.8) is 0 Å².